The Labute approximate surface area is 118 Å². The molecule has 0 rings (SSSR count). The van der Waals surface area contributed by atoms with Crippen molar-refractivity contribution in [3.05, 3.63) is 0 Å². The van der Waals surface area contributed by atoms with Crippen molar-refractivity contribution in [2.75, 3.05) is 13.7 Å². The van der Waals surface area contributed by atoms with Crippen LogP contribution >= 0.6 is 0 Å². The third-order valence-corrected chi connectivity index (χ3v) is 3.05. The number of carbonyl (C=O) groups is 1. The van der Waals surface area contributed by atoms with Gasteiger partial charge in [-0.2, -0.15) is 0 Å². The fourth-order valence-corrected chi connectivity index (χ4v) is 2.29. The van der Waals surface area contributed by atoms with Crippen LogP contribution in [-0.2, 0) is 14.3 Å². The molecule has 0 saturated carbocycles. The predicted octanol–water partition coefficient (Wildman–Crippen LogP) is 2.76. The first-order chi connectivity index (χ1) is 8.71. The third-order valence-electron chi connectivity index (χ3n) is 3.05. The molecule has 0 amide bonds. The zero-order chi connectivity index (χ0) is 15.1. The SMILES string of the molecule is COC(=O)C(C)(CCOC(C)CC(C)C)NC(C)C. The molecule has 1 N–H and O–H groups in total. The van der Waals surface area contributed by atoms with Crippen LogP contribution in [0.25, 0.3) is 0 Å². The highest BCUT2D eigenvalue weighted by molar-refractivity contribution is 5.80. The lowest BCUT2D eigenvalue weighted by Gasteiger charge is -2.30. The van der Waals surface area contributed by atoms with Gasteiger partial charge >= 0.3 is 5.97 Å². The lowest BCUT2D eigenvalue weighted by molar-refractivity contribution is -0.149. The highest BCUT2D eigenvalue weighted by Crippen LogP contribution is 2.15. The molecule has 0 bridgehead atoms. The van der Waals surface area contributed by atoms with Gasteiger partial charge in [0.25, 0.3) is 0 Å². The fourth-order valence-electron chi connectivity index (χ4n) is 2.29. The number of ether oxygens (including phenoxy) is 2. The van der Waals surface area contributed by atoms with Gasteiger partial charge in [0.15, 0.2) is 0 Å². The van der Waals surface area contributed by atoms with Crippen molar-refractivity contribution in [2.24, 2.45) is 5.92 Å². The maximum absolute atomic E-state index is 11.9. The first-order valence-electron chi connectivity index (χ1n) is 7.19. The molecule has 2 atom stereocenters. The van der Waals surface area contributed by atoms with Crippen molar-refractivity contribution in [2.45, 2.75) is 72.1 Å². The Morgan fingerprint density at radius 3 is 2.21 bits per heavy atom. The number of methoxy groups -OCH3 is 1. The van der Waals surface area contributed by atoms with E-state index in [1.165, 1.54) is 7.11 Å². The zero-order valence-corrected chi connectivity index (χ0v) is 13.6. The second kappa shape index (κ2) is 8.54. The van der Waals surface area contributed by atoms with Crippen molar-refractivity contribution < 1.29 is 14.3 Å². The van der Waals surface area contributed by atoms with Gasteiger partial charge in [-0.3, -0.25) is 10.1 Å². The van der Waals surface area contributed by atoms with Gasteiger partial charge in [0, 0.05) is 12.6 Å². The Hall–Kier alpha value is -0.610. The van der Waals surface area contributed by atoms with Gasteiger partial charge in [0.2, 0.25) is 0 Å². The molecular weight excluding hydrogens is 242 g/mol. The number of hydrogen-bond donors (Lipinski definition) is 1. The zero-order valence-electron chi connectivity index (χ0n) is 13.6. The number of rotatable bonds is 9. The van der Waals surface area contributed by atoms with E-state index in [1.54, 1.807) is 0 Å². The smallest absolute Gasteiger partial charge is 0.325 e. The van der Waals surface area contributed by atoms with Gasteiger partial charge in [0.05, 0.1) is 13.2 Å². The largest absolute Gasteiger partial charge is 0.468 e. The summed E-state index contributed by atoms with van der Waals surface area (Å²) in [5.74, 6) is 0.386. The number of esters is 1. The van der Waals surface area contributed by atoms with E-state index in [0.29, 0.717) is 18.9 Å². The molecule has 114 valence electrons. The molecule has 19 heavy (non-hydrogen) atoms. The summed E-state index contributed by atoms with van der Waals surface area (Å²) in [5, 5.41) is 3.27. The summed E-state index contributed by atoms with van der Waals surface area (Å²) in [6, 6.07) is 0.220. The molecule has 0 aliphatic rings. The molecule has 0 aromatic carbocycles. The van der Waals surface area contributed by atoms with E-state index in [4.69, 9.17) is 9.47 Å². The average molecular weight is 273 g/mol. The van der Waals surface area contributed by atoms with Crippen LogP contribution in [0.5, 0.6) is 0 Å². The third kappa shape index (κ3) is 7.53. The molecule has 0 heterocycles. The summed E-state index contributed by atoms with van der Waals surface area (Å²) in [6.45, 7) is 12.9. The van der Waals surface area contributed by atoms with Gasteiger partial charge in [-0.05, 0) is 46.5 Å². The molecule has 0 fully saturated rings. The van der Waals surface area contributed by atoms with Crippen LogP contribution in [-0.4, -0.2) is 37.4 Å². The van der Waals surface area contributed by atoms with Crippen LogP contribution in [0.1, 0.15) is 54.4 Å². The Kier molecular flexibility index (Phi) is 8.26. The molecule has 0 aromatic rings. The Balaban J connectivity index is 4.31. The molecule has 4 nitrogen and oxygen atoms in total. The minimum absolute atomic E-state index is 0.220. The topological polar surface area (TPSA) is 47.6 Å². The average Bonchev–Trinajstić information content (AvgIpc) is 2.25. The summed E-state index contributed by atoms with van der Waals surface area (Å²) < 4.78 is 10.7. The highest BCUT2D eigenvalue weighted by Gasteiger charge is 2.34. The van der Waals surface area contributed by atoms with Crippen LogP contribution < -0.4 is 5.32 Å². The van der Waals surface area contributed by atoms with Crippen LogP contribution in [0.4, 0.5) is 0 Å². The van der Waals surface area contributed by atoms with E-state index in [2.05, 4.69) is 26.1 Å². The molecule has 0 saturated heterocycles. The van der Waals surface area contributed by atoms with Crippen LogP contribution in [0, 0.1) is 5.92 Å². The predicted molar refractivity (Wildman–Crippen MR) is 78.2 cm³/mol. The van der Waals surface area contributed by atoms with E-state index in [1.807, 2.05) is 20.8 Å². The summed E-state index contributed by atoms with van der Waals surface area (Å²) in [7, 11) is 1.42. The Bertz CT molecular complexity index is 266. The minimum Gasteiger partial charge on any atom is -0.468 e. The summed E-state index contributed by atoms with van der Waals surface area (Å²) in [6.07, 6.45) is 1.87. The Morgan fingerprint density at radius 1 is 1.21 bits per heavy atom. The van der Waals surface area contributed by atoms with E-state index < -0.39 is 5.54 Å². The van der Waals surface area contributed by atoms with Crippen LogP contribution in [0.2, 0.25) is 0 Å². The first-order valence-corrected chi connectivity index (χ1v) is 7.19. The van der Waals surface area contributed by atoms with E-state index in [-0.39, 0.29) is 18.1 Å². The molecule has 0 aromatic heterocycles. The summed E-state index contributed by atoms with van der Waals surface area (Å²) in [5.41, 5.74) is -0.680. The second-order valence-corrected chi connectivity index (χ2v) is 6.18. The molecular formula is C15H31NO3. The molecule has 4 heteroatoms. The molecule has 0 radical (unpaired) electrons. The summed E-state index contributed by atoms with van der Waals surface area (Å²) >= 11 is 0. The standard InChI is InChI=1S/C15H31NO3/c1-11(2)10-13(5)19-9-8-15(6,14(17)18-7)16-12(3)4/h11-13,16H,8-10H2,1-7H3. The van der Waals surface area contributed by atoms with Gasteiger partial charge < -0.3 is 9.47 Å². The van der Waals surface area contributed by atoms with Gasteiger partial charge in [-0.1, -0.05) is 13.8 Å². The van der Waals surface area contributed by atoms with Gasteiger partial charge in [-0.15, -0.1) is 0 Å². The number of carbonyl (C=O) groups excluding carboxylic acids is 1. The van der Waals surface area contributed by atoms with Crippen molar-refractivity contribution in [1.82, 2.24) is 5.32 Å². The fraction of sp³-hybridized carbons (Fsp3) is 0.933. The molecule has 0 spiro atoms. The number of nitrogens with one attached hydrogen (secondary N) is 1. The normalized spacial score (nSPS) is 16.5. The molecule has 2 unspecified atom stereocenters. The monoisotopic (exact) mass is 273 g/mol. The lowest BCUT2D eigenvalue weighted by Crippen LogP contribution is -2.53. The van der Waals surface area contributed by atoms with Crippen molar-refractivity contribution >= 4 is 5.97 Å². The van der Waals surface area contributed by atoms with Gasteiger partial charge in [0.1, 0.15) is 5.54 Å². The maximum atomic E-state index is 11.9. The maximum Gasteiger partial charge on any atom is 0.325 e. The minimum atomic E-state index is -0.680. The lowest BCUT2D eigenvalue weighted by atomic mass is 9.97. The van der Waals surface area contributed by atoms with E-state index in [0.717, 1.165) is 6.42 Å². The van der Waals surface area contributed by atoms with Crippen molar-refractivity contribution in [1.29, 1.82) is 0 Å². The van der Waals surface area contributed by atoms with E-state index in [9.17, 15) is 4.79 Å². The second-order valence-electron chi connectivity index (χ2n) is 6.18. The van der Waals surface area contributed by atoms with Crippen molar-refractivity contribution in [3.8, 4) is 0 Å². The molecule has 0 aliphatic carbocycles. The van der Waals surface area contributed by atoms with Crippen LogP contribution in [0.3, 0.4) is 0 Å². The highest BCUT2D eigenvalue weighted by atomic mass is 16.5. The van der Waals surface area contributed by atoms with Crippen LogP contribution in [0.15, 0.2) is 0 Å². The summed E-state index contributed by atoms with van der Waals surface area (Å²) in [4.78, 5) is 11.9. The van der Waals surface area contributed by atoms with E-state index >= 15 is 0 Å². The van der Waals surface area contributed by atoms with Crippen molar-refractivity contribution in [3.63, 3.8) is 0 Å². The number of hydrogen-bond acceptors (Lipinski definition) is 4. The van der Waals surface area contributed by atoms with Gasteiger partial charge in [-0.25, -0.2) is 0 Å². The first kappa shape index (κ1) is 18.4. The Morgan fingerprint density at radius 2 is 1.79 bits per heavy atom. The quantitative estimate of drug-likeness (QED) is 0.656. The molecule has 0 aliphatic heterocycles.